The topological polar surface area (TPSA) is 72.9 Å². The molecule has 0 aliphatic carbocycles. The number of carbonyl (C=O) groups is 1. The first kappa shape index (κ1) is 17.6. The monoisotopic (exact) mass is 315 g/mol. The van der Waals surface area contributed by atoms with Gasteiger partial charge in [0.2, 0.25) is 10.0 Å². The van der Waals surface area contributed by atoms with Crippen LogP contribution in [0.15, 0.2) is 17.0 Å². The lowest BCUT2D eigenvalue weighted by Crippen LogP contribution is -2.31. The summed E-state index contributed by atoms with van der Waals surface area (Å²) in [4.78, 5) is 10.3. The first-order valence-corrected chi connectivity index (χ1v) is 7.92. The first-order valence-electron chi connectivity index (χ1n) is 6.48. The van der Waals surface area contributed by atoms with E-state index in [1.807, 2.05) is 19.1 Å². The Balaban J connectivity index is 2.83. The number of carbonyl (C=O) groups excluding carboxylic acids is 1. The second kappa shape index (κ2) is 7.53. The van der Waals surface area contributed by atoms with Crippen LogP contribution < -0.4 is 0 Å². The van der Waals surface area contributed by atoms with E-state index in [4.69, 9.17) is 4.74 Å². The maximum atomic E-state index is 12.6. The second-order valence-electron chi connectivity index (χ2n) is 4.84. The molecule has 0 fully saturated rings. The van der Waals surface area contributed by atoms with Crippen LogP contribution in [0, 0.1) is 20.8 Å². The van der Waals surface area contributed by atoms with Crippen LogP contribution in [0.2, 0.25) is 0 Å². The molecule has 0 aliphatic rings. The molecule has 6 nitrogen and oxygen atoms in total. The highest BCUT2D eigenvalue weighted by Gasteiger charge is 2.24. The molecule has 0 spiro atoms. The van der Waals surface area contributed by atoms with Gasteiger partial charge in [-0.3, -0.25) is 4.79 Å². The summed E-state index contributed by atoms with van der Waals surface area (Å²) in [7, 11) is -2.07. The number of rotatable bonds is 8. The van der Waals surface area contributed by atoms with E-state index < -0.39 is 10.0 Å². The molecule has 118 valence electrons. The van der Waals surface area contributed by atoms with Gasteiger partial charge < -0.3 is 9.47 Å². The first-order chi connectivity index (χ1) is 9.80. The van der Waals surface area contributed by atoms with Gasteiger partial charge in [-0.1, -0.05) is 17.7 Å². The molecule has 0 N–H and O–H groups in total. The summed E-state index contributed by atoms with van der Waals surface area (Å²) in [6, 6.07) is 3.70. The van der Waals surface area contributed by atoms with Crippen LogP contribution in [-0.4, -0.2) is 46.2 Å². The lowest BCUT2D eigenvalue weighted by Gasteiger charge is -2.20. The smallest absolute Gasteiger partial charge is 0.295 e. The molecular weight excluding hydrogens is 294 g/mol. The molecule has 0 saturated carbocycles. The average Bonchev–Trinajstić information content (AvgIpc) is 2.36. The molecular formula is C14H21NO5S. The van der Waals surface area contributed by atoms with Gasteiger partial charge in [-0.05, 0) is 31.9 Å². The number of sulfonamides is 1. The Kier molecular flexibility index (Phi) is 6.32. The van der Waals surface area contributed by atoms with E-state index in [2.05, 4.69) is 4.74 Å². The molecule has 21 heavy (non-hydrogen) atoms. The van der Waals surface area contributed by atoms with Crippen molar-refractivity contribution in [2.45, 2.75) is 25.7 Å². The summed E-state index contributed by atoms with van der Waals surface area (Å²) in [6.07, 6.45) is 0. The summed E-state index contributed by atoms with van der Waals surface area (Å²) in [6.45, 7) is 5.93. The molecule has 0 amide bonds. The third kappa shape index (κ3) is 4.52. The van der Waals surface area contributed by atoms with Crippen molar-refractivity contribution in [1.29, 1.82) is 0 Å². The number of hydrogen-bond donors (Lipinski definition) is 0. The van der Waals surface area contributed by atoms with Crippen molar-refractivity contribution >= 4 is 16.5 Å². The minimum Gasteiger partial charge on any atom is -0.441 e. The van der Waals surface area contributed by atoms with E-state index >= 15 is 0 Å². The van der Waals surface area contributed by atoms with E-state index in [1.165, 1.54) is 11.4 Å². The molecule has 0 radical (unpaired) electrons. The van der Waals surface area contributed by atoms with Gasteiger partial charge in [0.25, 0.3) is 6.47 Å². The zero-order chi connectivity index (χ0) is 16.0. The van der Waals surface area contributed by atoms with Crippen LogP contribution in [-0.2, 0) is 24.3 Å². The van der Waals surface area contributed by atoms with Crippen molar-refractivity contribution in [3.63, 3.8) is 0 Å². The van der Waals surface area contributed by atoms with Gasteiger partial charge in [-0.25, -0.2) is 8.42 Å². The van der Waals surface area contributed by atoms with Gasteiger partial charge in [0.05, 0.1) is 11.5 Å². The molecule has 1 aromatic rings. The van der Waals surface area contributed by atoms with Crippen molar-refractivity contribution in [2.75, 3.05) is 27.0 Å². The van der Waals surface area contributed by atoms with Crippen LogP contribution >= 0.6 is 0 Å². The van der Waals surface area contributed by atoms with E-state index in [0.717, 1.165) is 16.7 Å². The fourth-order valence-corrected chi connectivity index (χ4v) is 3.74. The van der Waals surface area contributed by atoms with E-state index in [1.54, 1.807) is 13.8 Å². The number of benzene rings is 1. The molecule has 0 bridgehead atoms. The van der Waals surface area contributed by atoms with Crippen LogP contribution in [0.5, 0.6) is 0 Å². The highest BCUT2D eigenvalue weighted by atomic mass is 32.2. The molecule has 1 aromatic carbocycles. The standard InChI is InChI=1S/C14H21NO5S/c1-11-7-12(2)14(13(3)8-11)21(17,18)15(4)5-6-19-10-20-9-16/h7-9H,5-6,10H2,1-4H3. The number of aryl methyl sites for hydroxylation is 3. The largest absolute Gasteiger partial charge is 0.441 e. The molecule has 0 saturated heterocycles. The third-order valence-electron chi connectivity index (χ3n) is 3.04. The Morgan fingerprint density at radius 3 is 2.29 bits per heavy atom. The van der Waals surface area contributed by atoms with Gasteiger partial charge >= 0.3 is 0 Å². The molecule has 0 atom stereocenters. The lowest BCUT2D eigenvalue weighted by atomic mass is 10.1. The van der Waals surface area contributed by atoms with Gasteiger partial charge in [-0.2, -0.15) is 4.31 Å². The Morgan fingerprint density at radius 2 is 1.76 bits per heavy atom. The zero-order valence-electron chi connectivity index (χ0n) is 12.8. The predicted molar refractivity (Wildman–Crippen MR) is 78.4 cm³/mol. The van der Waals surface area contributed by atoms with Crippen LogP contribution in [0.4, 0.5) is 0 Å². The number of ether oxygens (including phenoxy) is 2. The average molecular weight is 315 g/mol. The summed E-state index contributed by atoms with van der Waals surface area (Å²) in [5.74, 6) is 0. The van der Waals surface area contributed by atoms with Gasteiger partial charge in [-0.15, -0.1) is 0 Å². The van der Waals surface area contributed by atoms with E-state index in [-0.39, 0.29) is 26.4 Å². The van der Waals surface area contributed by atoms with Crippen molar-refractivity contribution in [1.82, 2.24) is 4.31 Å². The maximum absolute atomic E-state index is 12.6. The fourth-order valence-electron chi connectivity index (χ4n) is 2.18. The maximum Gasteiger partial charge on any atom is 0.295 e. The summed E-state index contributed by atoms with van der Waals surface area (Å²) in [5.41, 5.74) is 2.48. The Labute approximate surface area is 125 Å². The van der Waals surface area contributed by atoms with E-state index in [9.17, 15) is 13.2 Å². The van der Waals surface area contributed by atoms with Gasteiger partial charge in [0.1, 0.15) is 0 Å². The SMILES string of the molecule is Cc1cc(C)c(S(=O)(=O)N(C)CCOCOC=O)c(C)c1. The number of nitrogens with zero attached hydrogens (tertiary/aromatic N) is 1. The Hall–Kier alpha value is -1.44. The van der Waals surface area contributed by atoms with Crippen molar-refractivity contribution < 1.29 is 22.7 Å². The minimum absolute atomic E-state index is 0.146. The molecule has 1 rings (SSSR count). The molecule has 0 aliphatic heterocycles. The Morgan fingerprint density at radius 1 is 1.19 bits per heavy atom. The zero-order valence-corrected chi connectivity index (χ0v) is 13.6. The third-order valence-corrected chi connectivity index (χ3v) is 5.21. The quantitative estimate of drug-likeness (QED) is 0.412. The predicted octanol–water partition coefficient (Wildman–Crippen LogP) is 1.38. The fraction of sp³-hybridized carbons (Fsp3) is 0.500. The normalized spacial score (nSPS) is 11.7. The lowest BCUT2D eigenvalue weighted by molar-refractivity contribution is -0.140. The summed E-state index contributed by atoms with van der Waals surface area (Å²) >= 11 is 0. The Bertz CT molecular complexity index is 574. The highest BCUT2D eigenvalue weighted by Crippen LogP contribution is 2.24. The highest BCUT2D eigenvalue weighted by molar-refractivity contribution is 7.89. The van der Waals surface area contributed by atoms with Crippen LogP contribution in [0.1, 0.15) is 16.7 Å². The van der Waals surface area contributed by atoms with Gasteiger partial charge in [0, 0.05) is 13.6 Å². The molecule has 0 heterocycles. The van der Waals surface area contributed by atoms with Crippen molar-refractivity contribution in [3.8, 4) is 0 Å². The summed E-state index contributed by atoms with van der Waals surface area (Å²) in [5, 5.41) is 0. The second-order valence-corrected chi connectivity index (χ2v) is 6.83. The van der Waals surface area contributed by atoms with Crippen molar-refractivity contribution in [3.05, 3.63) is 28.8 Å². The molecule has 0 aromatic heterocycles. The van der Waals surface area contributed by atoms with Gasteiger partial charge in [0.15, 0.2) is 6.79 Å². The molecule has 0 unspecified atom stereocenters. The summed E-state index contributed by atoms with van der Waals surface area (Å²) < 4.78 is 35.8. The van der Waals surface area contributed by atoms with E-state index in [0.29, 0.717) is 4.90 Å². The molecule has 7 heteroatoms. The number of hydrogen-bond acceptors (Lipinski definition) is 5. The van der Waals surface area contributed by atoms with Crippen LogP contribution in [0.3, 0.4) is 0 Å². The van der Waals surface area contributed by atoms with Crippen LogP contribution in [0.25, 0.3) is 0 Å². The van der Waals surface area contributed by atoms with Crippen molar-refractivity contribution in [2.24, 2.45) is 0 Å². The minimum atomic E-state index is -3.57. The number of likely N-dealkylation sites (N-methyl/N-ethyl adjacent to an activating group) is 1.